The van der Waals surface area contributed by atoms with Crippen molar-refractivity contribution in [2.24, 2.45) is 0 Å². The van der Waals surface area contributed by atoms with Crippen molar-refractivity contribution in [2.75, 3.05) is 19.6 Å². The number of hydrogen-bond acceptors (Lipinski definition) is 4. The van der Waals surface area contributed by atoms with E-state index in [9.17, 15) is 14.3 Å². The monoisotopic (exact) mass is 318 g/mol. The number of nitrogens with one attached hydrogen (secondary N) is 3. The Morgan fingerprint density at radius 1 is 1.48 bits per heavy atom. The number of aromatic nitrogens is 2. The first kappa shape index (κ1) is 15.6. The van der Waals surface area contributed by atoms with E-state index in [1.807, 2.05) is 0 Å². The van der Waals surface area contributed by atoms with E-state index in [4.69, 9.17) is 0 Å². The smallest absolute Gasteiger partial charge is 0.255 e. The van der Waals surface area contributed by atoms with Gasteiger partial charge in [0.15, 0.2) is 0 Å². The maximum atomic E-state index is 13.4. The van der Waals surface area contributed by atoms with E-state index in [1.165, 1.54) is 18.3 Å². The van der Waals surface area contributed by atoms with Gasteiger partial charge in [-0.1, -0.05) is 12.1 Å². The van der Waals surface area contributed by atoms with Crippen LogP contribution < -0.4 is 10.6 Å². The van der Waals surface area contributed by atoms with Gasteiger partial charge in [-0.2, -0.15) is 5.10 Å². The van der Waals surface area contributed by atoms with Crippen LogP contribution in [0.4, 0.5) is 4.39 Å². The number of H-pyrrole nitrogens is 1. The number of aromatic amines is 1. The van der Waals surface area contributed by atoms with Crippen molar-refractivity contribution < 1.29 is 14.3 Å². The molecule has 122 valence electrons. The average Bonchev–Trinajstić information content (AvgIpc) is 3.03. The van der Waals surface area contributed by atoms with Crippen molar-refractivity contribution in [1.29, 1.82) is 0 Å². The third-order valence-electron chi connectivity index (χ3n) is 4.03. The Bertz CT molecular complexity index is 695. The van der Waals surface area contributed by atoms with Gasteiger partial charge in [0.25, 0.3) is 5.91 Å². The summed E-state index contributed by atoms with van der Waals surface area (Å²) in [7, 11) is 0. The maximum absolute atomic E-state index is 13.4. The van der Waals surface area contributed by atoms with Crippen LogP contribution in [0.5, 0.6) is 0 Å². The molecule has 23 heavy (non-hydrogen) atoms. The Kier molecular flexibility index (Phi) is 4.40. The number of rotatable bonds is 4. The van der Waals surface area contributed by atoms with Crippen LogP contribution in [0.15, 0.2) is 30.5 Å². The SMILES string of the molecule is O=C(NC[C@@]1(O)CCCNC1)c1cn[nH]c1-c1cccc(F)c1. The second-order valence-corrected chi connectivity index (χ2v) is 5.86. The van der Waals surface area contributed by atoms with Crippen molar-refractivity contribution in [2.45, 2.75) is 18.4 Å². The molecular weight excluding hydrogens is 299 g/mol. The van der Waals surface area contributed by atoms with Crippen LogP contribution in [-0.4, -0.2) is 46.4 Å². The zero-order chi connectivity index (χ0) is 16.3. The predicted octanol–water partition coefficient (Wildman–Crippen LogP) is 1.06. The summed E-state index contributed by atoms with van der Waals surface area (Å²) in [5.41, 5.74) is 0.390. The van der Waals surface area contributed by atoms with Gasteiger partial charge in [0.1, 0.15) is 5.82 Å². The van der Waals surface area contributed by atoms with E-state index in [0.29, 0.717) is 29.8 Å². The van der Waals surface area contributed by atoms with Crippen LogP contribution >= 0.6 is 0 Å². The van der Waals surface area contributed by atoms with Crippen molar-refractivity contribution in [3.8, 4) is 11.3 Å². The van der Waals surface area contributed by atoms with Gasteiger partial charge in [-0.3, -0.25) is 9.89 Å². The summed E-state index contributed by atoms with van der Waals surface area (Å²) < 4.78 is 13.4. The molecule has 7 heteroatoms. The topological polar surface area (TPSA) is 90.0 Å². The number of halogens is 1. The largest absolute Gasteiger partial charge is 0.387 e. The van der Waals surface area contributed by atoms with Crippen LogP contribution in [0, 0.1) is 5.82 Å². The van der Waals surface area contributed by atoms with Gasteiger partial charge in [0.2, 0.25) is 0 Å². The molecule has 4 N–H and O–H groups in total. The molecule has 1 saturated heterocycles. The number of amides is 1. The third kappa shape index (κ3) is 3.57. The fourth-order valence-corrected chi connectivity index (χ4v) is 2.77. The summed E-state index contributed by atoms with van der Waals surface area (Å²) >= 11 is 0. The zero-order valence-electron chi connectivity index (χ0n) is 12.6. The van der Waals surface area contributed by atoms with E-state index < -0.39 is 5.60 Å². The van der Waals surface area contributed by atoms with Crippen LogP contribution in [0.2, 0.25) is 0 Å². The molecule has 6 nitrogen and oxygen atoms in total. The maximum Gasteiger partial charge on any atom is 0.255 e. The molecule has 1 aromatic carbocycles. The van der Waals surface area contributed by atoms with Crippen molar-refractivity contribution >= 4 is 5.91 Å². The summed E-state index contributed by atoms with van der Waals surface area (Å²) in [6, 6.07) is 5.95. The van der Waals surface area contributed by atoms with Crippen LogP contribution in [0.25, 0.3) is 11.3 Å². The van der Waals surface area contributed by atoms with Gasteiger partial charge < -0.3 is 15.7 Å². The van der Waals surface area contributed by atoms with Gasteiger partial charge >= 0.3 is 0 Å². The number of piperidine rings is 1. The summed E-state index contributed by atoms with van der Waals surface area (Å²) in [4.78, 5) is 12.4. The van der Waals surface area contributed by atoms with Gasteiger partial charge in [0.05, 0.1) is 23.1 Å². The first-order valence-electron chi connectivity index (χ1n) is 7.58. The number of aliphatic hydroxyl groups is 1. The molecule has 2 heterocycles. The Balaban J connectivity index is 1.72. The van der Waals surface area contributed by atoms with Gasteiger partial charge in [-0.25, -0.2) is 4.39 Å². The molecule has 1 aliphatic heterocycles. The Morgan fingerprint density at radius 3 is 3.09 bits per heavy atom. The number of β-amino-alcohol motifs (C(OH)–C–C–N with tert-alkyl or cyclic N) is 1. The van der Waals surface area contributed by atoms with E-state index in [0.717, 1.165) is 13.0 Å². The first-order valence-corrected chi connectivity index (χ1v) is 7.58. The van der Waals surface area contributed by atoms with Gasteiger partial charge in [0, 0.05) is 18.7 Å². The quantitative estimate of drug-likeness (QED) is 0.678. The summed E-state index contributed by atoms with van der Waals surface area (Å²) in [6.07, 6.45) is 2.91. The minimum atomic E-state index is -0.934. The van der Waals surface area contributed by atoms with Crippen molar-refractivity contribution in [1.82, 2.24) is 20.8 Å². The lowest BCUT2D eigenvalue weighted by Crippen LogP contribution is -2.52. The Labute approximate surface area is 133 Å². The molecule has 0 unspecified atom stereocenters. The molecule has 1 amide bonds. The average molecular weight is 318 g/mol. The molecule has 1 atom stereocenters. The molecule has 1 fully saturated rings. The van der Waals surface area contributed by atoms with Crippen molar-refractivity contribution in [3.63, 3.8) is 0 Å². The van der Waals surface area contributed by atoms with Gasteiger partial charge in [-0.05, 0) is 31.5 Å². The molecule has 0 bridgehead atoms. The summed E-state index contributed by atoms with van der Waals surface area (Å²) in [6.45, 7) is 1.49. The van der Waals surface area contributed by atoms with Crippen LogP contribution in [-0.2, 0) is 0 Å². The first-order chi connectivity index (χ1) is 11.1. The highest BCUT2D eigenvalue weighted by Gasteiger charge is 2.30. The number of hydrogen-bond donors (Lipinski definition) is 4. The van der Waals surface area contributed by atoms with E-state index in [-0.39, 0.29) is 18.3 Å². The molecule has 1 aromatic heterocycles. The second kappa shape index (κ2) is 6.47. The zero-order valence-corrected chi connectivity index (χ0v) is 12.6. The highest BCUT2D eigenvalue weighted by molar-refractivity contribution is 5.99. The second-order valence-electron chi connectivity index (χ2n) is 5.86. The van der Waals surface area contributed by atoms with Gasteiger partial charge in [-0.15, -0.1) is 0 Å². The van der Waals surface area contributed by atoms with E-state index in [2.05, 4.69) is 20.8 Å². The van der Waals surface area contributed by atoms with Crippen molar-refractivity contribution in [3.05, 3.63) is 41.8 Å². The summed E-state index contributed by atoms with van der Waals surface area (Å²) in [5.74, 6) is -0.733. The normalized spacial score (nSPS) is 21.1. The van der Waals surface area contributed by atoms with Crippen LogP contribution in [0.1, 0.15) is 23.2 Å². The molecule has 2 aromatic rings. The molecule has 0 aliphatic carbocycles. The highest BCUT2D eigenvalue weighted by Crippen LogP contribution is 2.22. The fourth-order valence-electron chi connectivity index (χ4n) is 2.77. The number of benzene rings is 1. The lowest BCUT2D eigenvalue weighted by molar-refractivity contribution is 0.0170. The molecular formula is C16H19FN4O2. The molecule has 1 aliphatic rings. The lowest BCUT2D eigenvalue weighted by atomic mass is 9.94. The molecule has 0 radical (unpaired) electrons. The predicted molar refractivity (Wildman–Crippen MR) is 83.4 cm³/mol. The molecule has 0 spiro atoms. The fraction of sp³-hybridized carbons (Fsp3) is 0.375. The number of nitrogens with zero attached hydrogens (tertiary/aromatic N) is 1. The van der Waals surface area contributed by atoms with E-state index in [1.54, 1.807) is 12.1 Å². The van der Waals surface area contributed by atoms with E-state index >= 15 is 0 Å². The standard InChI is InChI=1S/C16H19FN4O2/c17-12-4-1-3-11(7-12)14-13(8-20-21-14)15(22)19-10-16(23)5-2-6-18-9-16/h1,3-4,7-8,18,23H,2,5-6,9-10H2,(H,19,22)(H,20,21)/t16-/m1/s1. The highest BCUT2D eigenvalue weighted by atomic mass is 19.1. The summed E-state index contributed by atoms with van der Waals surface area (Å²) in [5, 5.41) is 22.8. The minimum Gasteiger partial charge on any atom is -0.387 e. The lowest BCUT2D eigenvalue weighted by Gasteiger charge is -2.32. The number of carbonyl (C=O) groups is 1. The van der Waals surface area contributed by atoms with Crippen LogP contribution in [0.3, 0.4) is 0 Å². The third-order valence-corrected chi connectivity index (χ3v) is 4.03. The Hall–Kier alpha value is -2.25. The molecule has 0 saturated carbocycles. The molecule has 3 rings (SSSR count). The Morgan fingerprint density at radius 2 is 2.35 bits per heavy atom. The minimum absolute atomic E-state index is 0.159. The number of carbonyl (C=O) groups excluding carboxylic acids is 1.